The number of piperidine rings is 2. The second-order valence-electron chi connectivity index (χ2n) is 4.60. The molecule has 1 atom stereocenters. The molecule has 94 valence electrons. The highest BCUT2D eigenvalue weighted by Gasteiger charge is 2.28. The van der Waals surface area contributed by atoms with Crippen LogP contribution in [0.5, 0.6) is 0 Å². The lowest BCUT2D eigenvalue weighted by molar-refractivity contribution is -0.139. The Morgan fingerprint density at radius 2 is 1.94 bits per heavy atom. The fourth-order valence-corrected chi connectivity index (χ4v) is 2.48. The van der Waals surface area contributed by atoms with Gasteiger partial charge in [0.2, 0.25) is 5.91 Å². The van der Waals surface area contributed by atoms with E-state index in [1.807, 2.05) is 4.90 Å². The number of carbonyl (C=O) groups is 1. The zero-order valence-corrected chi connectivity index (χ0v) is 10.3. The van der Waals surface area contributed by atoms with Crippen molar-refractivity contribution < 1.29 is 9.90 Å². The number of aliphatic hydroxyl groups is 1. The molecule has 2 rings (SSSR count). The molecule has 4 nitrogen and oxygen atoms in total. The first kappa shape index (κ1) is 13.7. The highest BCUT2D eigenvalue weighted by Crippen LogP contribution is 2.18. The van der Waals surface area contributed by atoms with Gasteiger partial charge in [-0.15, -0.1) is 12.4 Å². The number of nitrogens with one attached hydrogen (secondary N) is 1. The van der Waals surface area contributed by atoms with Crippen LogP contribution in [0.25, 0.3) is 0 Å². The molecule has 1 unspecified atom stereocenters. The zero-order chi connectivity index (χ0) is 10.7. The summed E-state index contributed by atoms with van der Waals surface area (Å²) in [5.41, 5.74) is 0. The molecular formula is C11H21ClN2O2. The highest BCUT2D eigenvalue weighted by molar-refractivity contribution is 5.85. The Kier molecular flexibility index (Phi) is 5.52. The molecule has 1 amide bonds. The van der Waals surface area contributed by atoms with Crippen molar-refractivity contribution in [1.82, 2.24) is 10.2 Å². The molecule has 2 aliphatic heterocycles. The summed E-state index contributed by atoms with van der Waals surface area (Å²) in [5.74, 6) is 0.451. The van der Waals surface area contributed by atoms with E-state index in [0.29, 0.717) is 6.54 Å². The first-order valence-corrected chi connectivity index (χ1v) is 5.95. The molecule has 5 heteroatoms. The maximum absolute atomic E-state index is 12.1. The summed E-state index contributed by atoms with van der Waals surface area (Å²) in [7, 11) is 0. The third kappa shape index (κ3) is 3.34. The topological polar surface area (TPSA) is 52.6 Å². The number of nitrogens with zero attached hydrogens (tertiary/aromatic N) is 1. The van der Waals surface area contributed by atoms with E-state index in [4.69, 9.17) is 0 Å². The predicted octanol–water partition coefficient (Wildman–Crippen LogP) is 0.391. The molecule has 0 aromatic carbocycles. The van der Waals surface area contributed by atoms with Crippen LogP contribution < -0.4 is 5.32 Å². The number of hydrogen-bond acceptors (Lipinski definition) is 3. The molecule has 0 spiro atoms. The summed E-state index contributed by atoms with van der Waals surface area (Å²) in [5, 5.41) is 12.8. The number of amides is 1. The van der Waals surface area contributed by atoms with E-state index in [2.05, 4.69) is 5.32 Å². The van der Waals surface area contributed by atoms with Crippen LogP contribution in [0.2, 0.25) is 0 Å². The first-order chi connectivity index (χ1) is 7.27. The first-order valence-electron chi connectivity index (χ1n) is 5.95. The lowest BCUT2D eigenvalue weighted by Crippen LogP contribution is -2.46. The quantitative estimate of drug-likeness (QED) is 0.706. The molecule has 16 heavy (non-hydrogen) atoms. The van der Waals surface area contributed by atoms with Gasteiger partial charge in [0.1, 0.15) is 0 Å². The molecule has 2 aliphatic rings. The Hall–Kier alpha value is -0.320. The summed E-state index contributed by atoms with van der Waals surface area (Å²) in [6.45, 7) is 3.28. The Bertz CT molecular complexity index is 232. The third-order valence-electron chi connectivity index (χ3n) is 3.40. The average molecular weight is 249 g/mol. The number of hydrogen-bond donors (Lipinski definition) is 2. The van der Waals surface area contributed by atoms with Gasteiger partial charge in [-0.1, -0.05) is 0 Å². The minimum Gasteiger partial charge on any atom is -0.391 e. The fraction of sp³-hybridized carbons (Fsp3) is 0.909. The van der Waals surface area contributed by atoms with Crippen molar-refractivity contribution in [3.8, 4) is 0 Å². The molecule has 2 heterocycles. The molecule has 0 aromatic heterocycles. The molecular weight excluding hydrogens is 228 g/mol. The standard InChI is InChI=1S/C11H20N2O2.ClH/c14-10-2-1-7-13(8-10)11(15)9-3-5-12-6-4-9;/h9-10,12,14H,1-8H2;1H. The van der Waals surface area contributed by atoms with Gasteiger partial charge >= 0.3 is 0 Å². The maximum Gasteiger partial charge on any atom is 0.225 e. The van der Waals surface area contributed by atoms with Crippen LogP contribution in [-0.2, 0) is 4.79 Å². The third-order valence-corrected chi connectivity index (χ3v) is 3.40. The van der Waals surface area contributed by atoms with Crippen molar-refractivity contribution in [2.24, 2.45) is 5.92 Å². The molecule has 0 radical (unpaired) electrons. The normalized spacial score (nSPS) is 27.3. The molecule has 2 saturated heterocycles. The second kappa shape index (κ2) is 6.42. The molecule has 2 N–H and O–H groups in total. The minimum absolute atomic E-state index is 0. The largest absolute Gasteiger partial charge is 0.391 e. The summed E-state index contributed by atoms with van der Waals surface area (Å²) in [6, 6.07) is 0. The van der Waals surface area contributed by atoms with Gasteiger partial charge in [-0.05, 0) is 38.8 Å². The van der Waals surface area contributed by atoms with E-state index in [-0.39, 0.29) is 30.3 Å². The van der Waals surface area contributed by atoms with Gasteiger partial charge in [0, 0.05) is 19.0 Å². The Morgan fingerprint density at radius 1 is 1.25 bits per heavy atom. The van der Waals surface area contributed by atoms with Crippen LogP contribution >= 0.6 is 12.4 Å². The fourth-order valence-electron chi connectivity index (χ4n) is 2.48. The van der Waals surface area contributed by atoms with Gasteiger partial charge in [-0.25, -0.2) is 0 Å². The van der Waals surface area contributed by atoms with Crippen LogP contribution in [0.4, 0.5) is 0 Å². The number of halogens is 1. The van der Waals surface area contributed by atoms with Crippen LogP contribution in [-0.4, -0.2) is 48.2 Å². The van der Waals surface area contributed by atoms with Crippen molar-refractivity contribution in [1.29, 1.82) is 0 Å². The van der Waals surface area contributed by atoms with Gasteiger partial charge in [0.05, 0.1) is 6.10 Å². The summed E-state index contributed by atoms with van der Waals surface area (Å²) < 4.78 is 0. The SMILES string of the molecule is Cl.O=C(C1CCNCC1)N1CCCC(O)C1. The maximum atomic E-state index is 12.1. The molecule has 2 fully saturated rings. The average Bonchev–Trinajstić information content (AvgIpc) is 2.29. The van der Waals surface area contributed by atoms with Crippen molar-refractivity contribution >= 4 is 18.3 Å². The molecule has 0 saturated carbocycles. The molecule has 0 bridgehead atoms. The van der Waals surface area contributed by atoms with Gasteiger partial charge in [0.15, 0.2) is 0 Å². The van der Waals surface area contributed by atoms with Gasteiger partial charge in [-0.2, -0.15) is 0 Å². The highest BCUT2D eigenvalue weighted by atomic mass is 35.5. The molecule has 0 aliphatic carbocycles. The van der Waals surface area contributed by atoms with Gasteiger partial charge in [-0.3, -0.25) is 4.79 Å². The van der Waals surface area contributed by atoms with Gasteiger partial charge in [0.25, 0.3) is 0 Å². The smallest absolute Gasteiger partial charge is 0.225 e. The van der Waals surface area contributed by atoms with E-state index in [1.54, 1.807) is 0 Å². The Labute approximate surface area is 103 Å². The number of rotatable bonds is 1. The zero-order valence-electron chi connectivity index (χ0n) is 9.52. The molecule has 0 aromatic rings. The van der Waals surface area contributed by atoms with E-state index >= 15 is 0 Å². The van der Waals surface area contributed by atoms with E-state index in [0.717, 1.165) is 45.3 Å². The number of likely N-dealkylation sites (tertiary alicyclic amines) is 1. The van der Waals surface area contributed by atoms with Crippen molar-refractivity contribution in [2.45, 2.75) is 31.8 Å². The summed E-state index contributed by atoms with van der Waals surface area (Å²) >= 11 is 0. The lowest BCUT2D eigenvalue weighted by Gasteiger charge is -2.34. The summed E-state index contributed by atoms with van der Waals surface area (Å²) in [4.78, 5) is 13.9. The van der Waals surface area contributed by atoms with E-state index in [1.165, 1.54) is 0 Å². The van der Waals surface area contributed by atoms with Crippen molar-refractivity contribution in [2.75, 3.05) is 26.2 Å². The van der Waals surface area contributed by atoms with Crippen LogP contribution in [0, 0.1) is 5.92 Å². The van der Waals surface area contributed by atoms with E-state index < -0.39 is 0 Å². The van der Waals surface area contributed by atoms with Crippen LogP contribution in [0.15, 0.2) is 0 Å². The number of β-amino-alcohol motifs (C(OH)–C–C–N with tert-alkyl or cyclic N) is 1. The minimum atomic E-state index is -0.301. The number of aliphatic hydroxyl groups excluding tert-OH is 1. The Morgan fingerprint density at radius 3 is 2.56 bits per heavy atom. The number of carbonyl (C=O) groups excluding carboxylic acids is 1. The lowest BCUT2D eigenvalue weighted by atomic mass is 9.95. The predicted molar refractivity (Wildman–Crippen MR) is 64.7 cm³/mol. The summed E-state index contributed by atoms with van der Waals surface area (Å²) in [6.07, 6.45) is 3.38. The second-order valence-corrected chi connectivity index (χ2v) is 4.60. The van der Waals surface area contributed by atoms with Crippen molar-refractivity contribution in [3.63, 3.8) is 0 Å². The van der Waals surface area contributed by atoms with E-state index in [9.17, 15) is 9.90 Å². The monoisotopic (exact) mass is 248 g/mol. The van der Waals surface area contributed by atoms with Crippen LogP contribution in [0.3, 0.4) is 0 Å². The van der Waals surface area contributed by atoms with Crippen LogP contribution in [0.1, 0.15) is 25.7 Å². The Balaban J connectivity index is 0.00000128. The van der Waals surface area contributed by atoms with Gasteiger partial charge < -0.3 is 15.3 Å². The van der Waals surface area contributed by atoms with Crippen molar-refractivity contribution in [3.05, 3.63) is 0 Å².